The van der Waals surface area contributed by atoms with E-state index in [9.17, 15) is 4.79 Å². The maximum absolute atomic E-state index is 12.0. The number of esters is 1. The Morgan fingerprint density at radius 3 is 2.29 bits per heavy atom. The first-order valence-electron chi connectivity index (χ1n) is 8.19. The van der Waals surface area contributed by atoms with Gasteiger partial charge in [-0.2, -0.15) is 0 Å². The summed E-state index contributed by atoms with van der Waals surface area (Å²) in [5, 5.41) is 0. The van der Waals surface area contributed by atoms with Gasteiger partial charge in [-0.05, 0) is 25.0 Å². The number of hydrogen-bond acceptors (Lipinski definition) is 3. The molecule has 0 fully saturated rings. The molecule has 0 amide bonds. The highest BCUT2D eigenvalue weighted by Gasteiger charge is 2.13. The van der Waals surface area contributed by atoms with Gasteiger partial charge in [0.25, 0.3) is 0 Å². The first kappa shape index (κ1) is 17.5. The van der Waals surface area contributed by atoms with Gasteiger partial charge in [0.15, 0.2) is 0 Å². The Morgan fingerprint density at radius 2 is 1.67 bits per heavy atom. The number of ether oxygens (including phenoxy) is 1. The lowest BCUT2D eigenvalue weighted by molar-refractivity contribution is 0.0498. The van der Waals surface area contributed by atoms with E-state index in [2.05, 4.69) is 6.92 Å². The molecule has 118 valence electrons. The molecule has 3 heteroatoms. The fourth-order valence-corrected chi connectivity index (χ4v) is 2.44. The zero-order valence-electron chi connectivity index (χ0n) is 13.5. The number of carbonyl (C=O) groups is 1. The molecule has 0 bridgehead atoms. The van der Waals surface area contributed by atoms with Crippen LogP contribution in [0.2, 0.25) is 0 Å². The highest BCUT2D eigenvalue weighted by Crippen LogP contribution is 2.17. The normalized spacial score (nSPS) is 10.6. The van der Waals surface area contributed by atoms with Crippen LogP contribution >= 0.6 is 0 Å². The molecule has 0 radical (unpaired) electrons. The van der Waals surface area contributed by atoms with Gasteiger partial charge in [0.1, 0.15) is 0 Å². The van der Waals surface area contributed by atoms with E-state index in [1.165, 1.54) is 38.5 Å². The Labute approximate surface area is 128 Å². The number of nitrogens with two attached hydrogens (primary N) is 1. The molecule has 0 spiro atoms. The summed E-state index contributed by atoms with van der Waals surface area (Å²) in [6.07, 6.45) is 9.89. The molecular weight excluding hydrogens is 262 g/mol. The van der Waals surface area contributed by atoms with E-state index in [4.69, 9.17) is 10.5 Å². The molecule has 0 unspecified atom stereocenters. The molecule has 3 nitrogen and oxygen atoms in total. The van der Waals surface area contributed by atoms with Crippen LogP contribution in [0.25, 0.3) is 0 Å². The van der Waals surface area contributed by atoms with Gasteiger partial charge < -0.3 is 10.5 Å². The third kappa shape index (κ3) is 6.65. The number of benzene rings is 1. The SMILES string of the molecule is CCCCCCCCCCOC(=O)c1c(C)cccc1N. The van der Waals surface area contributed by atoms with Crippen LogP contribution in [-0.4, -0.2) is 12.6 Å². The van der Waals surface area contributed by atoms with Gasteiger partial charge in [-0.25, -0.2) is 4.79 Å². The van der Waals surface area contributed by atoms with E-state index < -0.39 is 0 Å². The number of aryl methyl sites for hydroxylation is 1. The quantitative estimate of drug-likeness (QED) is 0.380. The minimum atomic E-state index is -0.298. The van der Waals surface area contributed by atoms with E-state index >= 15 is 0 Å². The molecule has 0 saturated heterocycles. The molecule has 0 aliphatic rings. The number of hydrogen-bond donors (Lipinski definition) is 1. The van der Waals surface area contributed by atoms with Crippen LogP contribution in [0.1, 0.15) is 74.2 Å². The summed E-state index contributed by atoms with van der Waals surface area (Å²) < 4.78 is 5.32. The summed E-state index contributed by atoms with van der Waals surface area (Å²) in [4.78, 5) is 12.0. The summed E-state index contributed by atoms with van der Waals surface area (Å²) in [7, 11) is 0. The molecule has 2 N–H and O–H groups in total. The van der Waals surface area contributed by atoms with Crippen molar-refractivity contribution in [3.63, 3.8) is 0 Å². The minimum Gasteiger partial charge on any atom is -0.462 e. The fourth-order valence-electron chi connectivity index (χ4n) is 2.44. The lowest BCUT2D eigenvalue weighted by Gasteiger charge is -2.09. The summed E-state index contributed by atoms with van der Waals surface area (Å²) in [5.41, 5.74) is 7.71. The van der Waals surface area contributed by atoms with Crippen LogP contribution in [0.15, 0.2) is 18.2 Å². The second-order valence-corrected chi connectivity index (χ2v) is 5.65. The Bertz CT molecular complexity index is 409. The number of anilines is 1. The predicted molar refractivity (Wildman–Crippen MR) is 88.5 cm³/mol. The Morgan fingerprint density at radius 1 is 1.05 bits per heavy atom. The van der Waals surface area contributed by atoms with Crippen molar-refractivity contribution in [2.75, 3.05) is 12.3 Å². The lowest BCUT2D eigenvalue weighted by Crippen LogP contribution is -2.11. The molecule has 1 aromatic rings. The van der Waals surface area contributed by atoms with Gasteiger partial charge in [0.2, 0.25) is 0 Å². The maximum atomic E-state index is 12.0. The van der Waals surface area contributed by atoms with Crippen molar-refractivity contribution in [1.29, 1.82) is 0 Å². The van der Waals surface area contributed by atoms with Gasteiger partial charge in [-0.1, -0.05) is 64.0 Å². The standard InChI is InChI=1S/C18H29NO2/c1-3-4-5-6-7-8-9-10-14-21-18(20)17-15(2)12-11-13-16(17)19/h11-13H,3-10,14,19H2,1-2H3. The molecular formula is C18H29NO2. The van der Waals surface area contributed by atoms with Crippen LogP contribution in [0, 0.1) is 6.92 Å². The van der Waals surface area contributed by atoms with Crippen LogP contribution in [0.5, 0.6) is 0 Å². The van der Waals surface area contributed by atoms with Crippen LogP contribution in [0.4, 0.5) is 5.69 Å². The van der Waals surface area contributed by atoms with Crippen molar-refractivity contribution in [3.05, 3.63) is 29.3 Å². The van der Waals surface area contributed by atoms with E-state index in [1.807, 2.05) is 19.1 Å². The van der Waals surface area contributed by atoms with Gasteiger partial charge in [-0.3, -0.25) is 0 Å². The first-order valence-corrected chi connectivity index (χ1v) is 8.19. The van der Waals surface area contributed by atoms with Crippen LogP contribution in [-0.2, 0) is 4.74 Å². The van der Waals surface area contributed by atoms with E-state index in [-0.39, 0.29) is 5.97 Å². The second kappa shape index (κ2) is 10.3. The summed E-state index contributed by atoms with van der Waals surface area (Å²) in [5.74, 6) is -0.298. The average molecular weight is 291 g/mol. The summed E-state index contributed by atoms with van der Waals surface area (Å²) >= 11 is 0. The van der Waals surface area contributed by atoms with Crippen LogP contribution in [0.3, 0.4) is 0 Å². The fraction of sp³-hybridized carbons (Fsp3) is 0.611. The number of rotatable bonds is 10. The molecule has 1 rings (SSSR count). The highest BCUT2D eigenvalue weighted by molar-refractivity contribution is 5.96. The Balaban J connectivity index is 2.14. The smallest absolute Gasteiger partial charge is 0.340 e. The monoisotopic (exact) mass is 291 g/mol. The van der Waals surface area contributed by atoms with Crippen molar-refractivity contribution in [3.8, 4) is 0 Å². The van der Waals surface area contributed by atoms with Crippen molar-refractivity contribution in [1.82, 2.24) is 0 Å². The zero-order chi connectivity index (χ0) is 15.5. The molecule has 0 heterocycles. The third-order valence-corrected chi connectivity index (χ3v) is 3.74. The average Bonchev–Trinajstić information content (AvgIpc) is 2.45. The predicted octanol–water partition coefficient (Wildman–Crippen LogP) is 4.87. The first-order chi connectivity index (χ1) is 10.2. The van der Waals surface area contributed by atoms with Crippen molar-refractivity contribution in [2.45, 2.75) is 65.2 Å². The highest BCUT2D eigenvalue weighted by atomic mass is 16.5. The summed E-state index contributed by atoms with van der Waals surface area (Å²) in [6.45, 7) is 4.60. The van der Waals surface area contributed by atoms with Gasteiger partial charge >= 0.3 is 5.97 Å². The van der Waals surface area contributed by atoms with Gasteiger partial charge in [-0.15, -0.1) is 0 Å². The molecule has 0 aliphatic heterocycles. The van der Waals surface area contributed by atoms with Crippen molar-refractivity contribution in [2.24, 2.45) is 0 Å². The Hall–Kier alpha value is -1.51. The molecule has 0 saturated carbocycles. The van der Waals surface area contributed by atoms with Gasteiger partial charge in [0.05, 0.1) is 12.2 Å². The largest absolute Gasteiger partial charge is 0.462 e. The number of unbranched alkanes of at least 4 members (excludes halogenated alkanes) is 7. The molecule has 21 heavy (non-hydrogen) atoms. The number of nitrogen functional groups attached to an aromatic ring is 1. The maximum Gasteiger partial charge on any atom is 0.340 e. The molecule has 0 aliphatic carbocycles. The van der Waals surface area contributed by atoms with E-state index in [1.54, 1.807) is 6.07 Å². The lowest BCUT2D eigenvalue weighted by atomic mass is 10.1. The minimum absolute atomic E-state index is 0.298. The topological polar surface area (TPSA) is 52.3 Å². The van der Waals surface area contributed by atoms with Crippen LogP contribution < -0.4 is 5.73 Å². The van der Waals surface area contributed by atoms with Crippen molar-refractivity contribution >= 4 is 11.7 Å². The summed E-state index contributed by atoms with van der Waals surface area (Å²) in [6, 6.07) is 5.46. The number of carbonyl (C=O) groups excluding carboxylic acids is 1. The third-order valence-electron chi connectivity index (χ3n) is 3.74. The molecule has 0 aromatic heterocycles. The second-order valence-electron chi connectivity index (χ2n) is 5.65. The van der Waals surface area contributed by atoms with E-state index in [0.717, 1.165) is 18.4 Å². The van der Waals surface area contributed by atoms with Crippen molar-refractivity contribution < 1.29 is 9.53 Å². The Kier molecular flexibility index (Phi) is 8.56. The molecule has 1 aromatic carbocycles. The zero-order valence-corrected chi connectivity index (χ0v) is 13.5. The molecule has 0 atom stereocenters. The van der Waals surface area contributed by atoms with E-state index in [0.29, 0.717) is 17.9 Å². The van der Waals surface area contributed by atoms with Gasteiger partial charge in [0, 0.05) is 5.69 Å².